The van der Waals surface area contributed by atoms with Crippen molar-refractivity contribution in [3.05, 3.63) is 0 Å². The van der Waals surface area contributed by atoms with Crippen LogP contribution < -0.4 is 0 Å². The maximum Gasteiger partial charge on any atom is 0.308 e. The largest absolute Gasteiger partial charge is 0.481 e. The van der Waals surface area contributed by atoms with E-state index >= 15 is 0 Å². The van der Waals surface area contributed by atoms with Gasteiger partial charge in [0.1, 0.15) is 0 Å². The molecule has 2 rings (SSSR count). The number of aliphatic carboxylic acids is 1. The second kappa shape index (κ2) is 4.36. The second-order valence-electron chi connectivity index (χ2n) is 5.65. The predicted molar refractivity (Wildman–Crippen MR) is 63.3 cm³/mol. The minimum Gasteiger partial charge on any atom is -0.481 e. The first-order valence-electron chi connectivity index (χ1n) is 6.56. The number of carbonyl (C=O) groups is 1. The summed E-state index contributed by atoms with van der Waals surface area (Å²) in [7, 11) is 0. The highest BCUT2D eigenvalue weighted by molar-refractivity contribution is 5.71. The summed E-state index contributed by atoms with van der Waals surface area (Å²) in [4.78, 5) is 13.7. The van der Waals surface area contributed by atoms with Gasteiger partial charge < -0.3 is 5.11 Å². The molecule has 2 fully saturated rings. The molecule has 0 saturated carbocycles. The third-order valence-corrected chi connectivity index (χ3v) is 4.48. The molecule has 2 saturated heterocycles. The van der Waals surface area contributed by atoms with Crippen molar-refractivity contribution >= 4 is 5.97 Å². The van der Waals surface area contributed by atoms with E-state index in [2.05, 4.69) is 25.7 Å². The third kappa shape index (κ3) is 1.75. The fourth-order valence-corrected chi connectivity index (χ4v) is 3.84. The Hall–Kier alpha value is -0.570. The van der Waals surface area contributed by atoms with Crippen LogP contribution in [0.15, 0.2) is 0 Å². The lowest BCUT2D eigenvalue weighted by molar-refractivity contribution is -0.142. The molecule has 3 heteroatoms. The molecular weight excluding hydrogens is 202 g/mol. The Morgan fingerprint density at radius 1 is 1.44 bits per heavy atom. The molecule has 2 aliphatic heterocycles. The van der Waals surface area contributed by atoms with Crippen molar-refractivity contribution in [2.24, 2.45) is 11.8 Å². The molecular formula is C13H23NO2. The summed E-state index contributed by atoms with van der Waals surface area (Å²) in [5.74, 6) is -0.0667. The molecule has 4 unspecified atom stereocenters. The standard InChI is InChI=1S/C13H23NO2/c1-4-11(8(2)3)14-9-5-6-12(14)10(7-9)13(15)16/h8-12H,4-7H2,1-3H3,(H,15,16). The number of carboxylic acid groups (broad SMARTS) is 1. The van der Waals surface area contributed by atoms with Gasteiger partial charge in [0, 0.05) is 18.1 Å². The zero-order valence-corrected chi connectivity index (χ0v) is 10.5. The average molecular weight is 225 g/mol. The van der Waals surface area contributed by atoms with Crippen LogP contribution in [0.1, 0.15) is 46.5 Å². The fourth-order valence-electron chi connectivity index (χ4n) is 3.84. The van der Waals surface area contributed by atoms with Crippen LogP contribution in [-0.2, 0) is 4.79 Å². The third-order valence-electron chi connectivity index (χ3n) is 4.48. The Balaban J connectivity index is 2.15. The highest BCUT2D eigenvalue weighted by atomic mass is 16.4. The van der Waals surface area contributed by atoms with Crippen LogP contribution in [0.4, 0.5) is 0 Å². The van der Waals surface area contributed by atoms with Crippen molar-refractivity contribution in [1.82, 2.24) is 4.90 Å². The first kappa shape index (κ1) is 11.9. The molecule has 0 radical (unpaired) electrons. The quantitative estimate of drug-likeness (QED) is 0.798. The van der Waals surface area contributed by atoms with Gasteiger partial charge in [-0.1, -0.05) is 20.8 Å². The first-order valence-corrected chi connectivity index (χ1v) is 6.56. The van der Waals surface area contributed by atoms with Gasteiger partial charge in [-0.05, 0) is 31.6 Å². The van der Waals surface area contributed by atoms with E-state index in [0.717, 1.165) is 19.3 Å². The molecule has 0 spiro atoms. The van der Waals surface area contributed by atoms with Crippen molar-refractivity contribution in [1.29, 1.82) is 0 Å². The summed E-state index contributed by atoms with van der Waals surface area (Å²) >= 11 is 0. The summed E-state index contributed by atoms with van der Waals surface area (Å²) in [6.07, 6.45) is 4.31. The Morgan fingerprint density at radius 3 is 2.56 bits per heavy atom. The predicted octanol–water partition coefficient (Wildman–Crippen LogP) is 2.36. The highest BCUT2D eigenvalue weighted by Crippen LogP contribution is 2.44. The Bertz CT molecular complexity index is 277. The lowest BCUT2D eigenvalue weighted by atomic mass is 9.89. The van der Waals surface area contributed by atoms with Crippen molar-refractivity contribution < 1.29 is 9.90 Å². The summed E-state index contributed by atoms with van der Waals surface area (Å²) in [5.41, 5.74) is 0. The number of rotatable bonds is 4. The lowest BCUT2D eigenvalue weighted by Gasteiger charge is -2.34. The van der Waals surface area contributed by atoms with Gasteiger partial charge in [0.15, 0.2) is 0 Å². The second-order valence-corrected chi connectivity index (χ2v) is 5.65. The van der Waals surface area contributed by atoms with E-state index in [1.807, 2.05) is 0 Å². The number of hydrogen-bond donors (Lipinski definition) is 1. The van der Waals surface area contributed by atoms with Gasteiger partial charge in [0.2, 0.25) is 0 Å². The van der Waals surface area contributed by atoms with E-state index in [1.54, 1.807) is 0 Å². The molecule has 0 aliphatic carbocycles. The van der Waals surface area contributed by atoms with Crippen molar-refractivity contribution in [2.75, 3.05) is 0 Å². The number of nitrogens with zero attached hydrogens (tertiary/aromatic N) is 1. The van der Waals surface area contributed by atoms with Gasteiger partial charge in [-0.15, -0.1) is 0 Å². The summed E-state index contributed by atoms with van der Waals surface area (Å²) in [6, 6.07) is 1.43. The van der Waals surface area contributed by atoms with Gasteiger partial charge in [-0.3, -0.25) is 9.69 Å². The zero-order valence-electron chi connectivity index (χ0n) is 10.5. The maximum atomic E-state index is 11.2. The van der Waals surface area contributed by atoms with Gasteiger partial charge >= 0.3 is 5.97 Å². The van der Waals surface area contributed by atoms with Crippen LogP contribution in [0.3, 0.4) is 0 Å². The maximum absolute atomic E-state index is 11.2. The fraction of sp³-hybridized carbons (Fsp3) is 0.923. The molecule has 16 heavy (non-hydrogen) atoms. The molecule has 0 aromatic heterocycles. The van der Waals surface area contributed by atoms with Gasteiger partial charge in [-0.2, -0.15) is 0 Å². The summed E-state index contributed by atoms with van der Waals surface area (Å²) in [5, 5.41) is 9.22. The topological polar surface area (TPSA) is 40.5 Å². The SMILES string of the molecule is CCC(C(C)C)N1C2CCC1C(C(=O)O)C2. The number of hydrogen-bond acceptors (Lipinski definition) is 2. The molecule has 0 aromatic carbocycles. The lowest BCUT2D eigenvalue weighted by Crippen LogP contribution is -2.43. The normalized spacial score (nSPS) is 35.9. The van der Waals surface area contributed by atoms with Gasteiger partial charge in [-0.25, -0.2) is 0 Å². The minimum absolute atomic E-state index is 0.105. The molecule has 2 heterocycles. The molecule has 0 amide bonds. The summed E-state index contributed by atoms with van der Waals surface area (Å²) < 4.78 is 0. The van der Waals surface area contributed by atoms with E-state index in [4.69, 9.17) is 0 Å². The molecule has 0 aromatic rings. The molecule has 92 valence electrons. The van der Waals surface area contributed by atoms with E-state index in [9.17, 15) is 9.90 Å². The van der Waals surface area contributed by atoms with Crippen LogP contribution in [0.5, 0.6) is 0 Å². The van der Waals surface area contributed by atoms with E-state index < -0.39 is 5.97 Å². The van der Waals surface area contributed by atoms with Crippen molar-refractivity contribution in [2.45, 2.75) is 64.6 Å². The molecule has 2 bridgehead atoms. The van der Waals surface area contributed by atoms with Crippen molar-refractivity contribution in [3.8, 4) is 0 Å². The molecule has 3 nitrogen and oxygen atoms in total. The minimum atomic E-state index is -0.587. The van der Waals surface area contributed by atoms with Crippen LogP contribution in [0.25, 0.3) is 0 Å². The Labute approximate surface area is 97.8 Å². The van der Waals surface area contributed by atoms with Crippen LogP contribution in [0.2, 0.25) is 0 Å². The first-order chi connectivity index (χ1) is 7.56. The zero-order chi connectivity index (χ0) is 11.9. The Kier molecular flexibility index (Phi) is 3.24. The van der Waals surface area contributed by atoms with Crippen molar-refractivity contribution in [3.63, 3.8) is 0 Å². The van der Waals surface area contributed by atoms with E-state index in [0.29, 0.717) is 24.0 Å². The Morgan fingerprint density at radius 2 is 2.12 bits per heavy atom. The molecule has 1 N–H and O–H groups in total. The van der Waals surface area contributed by atoms with Crippen LogP contribution in [-0.4, -0.2) is 34.1 Å². The average Bonchev–Trinajstić information content (AvgIpc) is 2.76. The van der Waals surface area contributed by atoms with Gasteiger partial charge in [0.25, 0.3) is 0 Å². The smallest absolute Gasteiger partial charge is 0.308 e. The molecule has 4 atom stereocenters. The summed E-state index contributed by atoms with van der Waals surface area (Å²) in [6.45, 7) is 6.72. The van der Waals surface area contributed by atoms with Gasteiger partial charge in [0.05, 0.1) is 5.92 Å². The molecule has 2 aliphatic rings. The van der Waals surface area contributed by atoms with Crippen LogP contribution >= 0.6 is 0 Å². The number of fused-ring (bicyclic) bond motifs is 2. The number of carboxylic acids is 1. The van der Waals surface area contributed by atoms with E-state index in [-0.39, 0.29) is 5.92 Å². The van der Waals surface area contributed by atoms with E-state index in [1.165, 1.54) is 6.42 Å². The monoisotopic (exact) mass is 225 g/mol. The highest BCUT2D eigenvalue weighted by Gasteiger charge is 2.51. The van der Waals surface area contributed by atoms with Crippen LogP contribution in [0, 0.1) is 11.8 Å².